The molecule has 1 N–H and O–H groups in total. The number of hydrogen-bond donors (Lipinski definition) is 1. The molecule has 10 heteroatoms. The second-order valence-corrected chi connectivity index (χ2v) is 7.55. The number of nitro benzene ring substituents is 1. The van der Waals surface area contributed by atoms with E-state index in [1.54, 1.807) is 37.3 Å². The van der Waals surface area contributed by atoms with E-state index in [0.717, 1.165) is 16.9 Å². The summed E-state index contributed by atoms with van der Waals surface area (Å²) in [5, 5.41) is 13.7. The highest BCUT2D eigenvalue weighted by molar-refractivity contribution is 6.39. The van der Waals surface area contributed by atoms with Crippen molar-refractivity contribution in [3.8, 4) is 17.1 Å². The van der Waals surface area contributed by atoms with Gasteiger partial charge in [0.2, 0.25) is 0 Å². The van der Waals surface area contributed by atoms with E-state index in [0.29, 0.717) is 18.0 Å². The predicted octanol–water partition coefficient (Wildman–Crippen LogP) is 4.48. The van der Waals surface area contributed by atoms with E-state index in [-0.39, 0.29) is 28.3 Å². The van der Waals surface area contributed by atoms with Crippen LogP contribution in [0, 0.1) is 10.1 Å². The molecular formula is C25H21N3O7. The van der Waals surface area contributed by atoms with Crippen LogP contribution in [-0.2, 0) is 16.0 Å². The first kappa shape index (κ1) is 23.4. The van der Waals surface area contributed by atoms with Crippen LogP contribution in [0.25, 0.3) is 17.4 Å². The molecule has 0 unspecified atom stereocenters. The fourth-order valence-corrected chi connectivity index (χ4v) is 3.62. The van der Waals surface area contributed by atoms with E-state index < -0.39 is 22.8 Å². The van der Waals surface area contributed by atoms with Crippen molar-refractivity contribution in [2.75, 3.05) is 11.5 Å². The molecule has 0 aliphatic carbocycles. The Balaban J connectivity index is 1.67. The number of ether oxygens (including phenoxy) is 1. The number of furan rings is 1. The fourth-order valence-electron chi connectivity index (χ4n) is 3.62. The highest BCUT2D eigenvalue weighted by atomic mass is 16.6. The van der Waals surface area contributed by atoms with Crippen molar-refractivity contribution in [2.45, 2.75) is 20.3 Å². The number of benzene rings is 2. The second kappa shape index (κ2) is 9.64. The van der Waals surface area contributed by atoms with Gasteiger partial charge in [0.1, 0.15) is 22.8 Å². The topological polar surface area (TPSA) is 132 Å². The van der Waals surface area contributed by atoms with Gasteiger partial charge in [-0.3, -0.25) is 25.0 Å². The number of anilines is 1. The van der Waals surface area contributed by atoms with E-state index in [1.165, 1.54) is 30.3 Å². The molecule has 0 saturated carbocycles. The fraction of sp³-hybridized carbons (Fsp3) is 0.160. The van der Waals surface area contributed by atoms with Gasteiger partial charge < -0.3 is 9.15 Å². The average Bonchev–Trinajstić information content (AvgIpc) is 3.31. The van der Waals surface area contributed by atoms with Gasteiger partial charge in [0, 0.05) is 0 Å². The molecule has 1 fully saturated rings. The second-order valence-electron chi connectivity index (χ2n) is 7.55. The molecular weight excluding hydrogens is 454 g/mol. The van der Waals surface area contributed by atoms with Gasteiger partial charge in [0.15, 0.2) is 0 Å². The molecule has 1 aliphatic heterocycles. The summed E-state index contributed by atoms with van der Waals surface area (Å²) in [6, 6.07) is 13.3. The molecule has 4 rings (SSSR count). The number of hydrogen-bond acceptors (Lipinski definition) is 7. The zero-order valence-corrected chi connectivity index (χ0v) is 18.9. The molecule has 0 atom stereocenters. The molecule has 10 nitrogen and oxygen atoms in total. The van der Waals surface area contributed by atoms with Crippen molar-refractivity contribution >= 4 is 35.3 Å². The predicted molar refractivity (Wildman–Crippen MR) is 127 cm³/mol. The maximum absolute atomic E-state index is 13.1. The largest absolute Gasteiger partial charge is 0.494 e. The summed E-state index contributed by atoms with van der Waals surface area (Å²) >= 11 is 0. The minimum absolute atomic E-state index is 0.109. The third kappa shape index (κ3) is 4.67. The maximum atomic E-state index is 13.1. The zero-order chi connectivity index (χ0) is 25.1. The van der Waals surface area contributed by atoms with Gasteiger partial charge in [-0.2, -0.15) is 0 Å². The number of carbonyl (C=O) groups is 3. The third-order valence-electron chi connectivity index (χ3n) is 5.36. The molecule has 178 valence electrons. The molecule has 1 aromatic heterocycles. The molecule has 0 spiro atoms. The van der Waals surface area contributed by atoms with Gasteiger partial charge in [-0.05, 0) is 61.4 Å². The van der Waals surface area contributed by atoms with Crippen LogP contribution in [-0.4, -0.2) is 29.4 Å². The first-order chi connectivity index (χ1) is 16.8. The van der Waals surface area contributed by atoms with Crippen molar-refractivity contribution in [2.24, 2.45) is 0 Å². The number of barbiturate groups is 1. The number of urea groups is 1. The SMILES string of the molecule is CCOc1ccc(-c2ccc(C=C3C(=O)NC(=O)N(c4ccc(CC)cc4)C3=O)o2)c([N+](=O)[O-])c1. The van der Waals surface area contributed by atoms with Gasteiger partial charge in [-0.1, -0.05) is 19.1 Å². The van der Waals surface area contributed by atoms with Crippen molar-refractivity contribution < 1.29 is 28.5 Å². The monoisotopic (exact) mass is 475 g/mol. The molecule has 0 bridgehead atoms. The number of nitro groups is 1. The maximum Gasteiger partial charge on any atom is 0.335 e. The van der Waals surface area contributed by atoms with Gasteiger partial charge in [-0.15, -0.1) is 0 Å². The van der Waals surface area contributed by atoms with Crippen molar-refractivity contribution in [1.29, 1.82) is 0 Å². The molecule has 0 radical (unpaired) electrons. The summed E-state index contributed by atoms with van der Waals surface area (Å²) in [4.78, 5) is 49.7. The van der Waals surface area contributed by atoms with E-state index in [4.69, 9.17) is 9.15 Å². The Morgan fingerprint density at radius 1 is 1.06 bits per heavy atom. The lowest BCUT2D eigenvalue weighted by molar-refractivity contribution is -0.384. The summed E-state index contributed by atoms with van der Waals surface area (Å²) in [6.07, 6.45) is 1.98. The molecule has 1 aliphatic rings. The van der Waals surface area contributed by atoms with Crippen LogP contribution in [0.5, 0.6) is 5.75 Å². The van der Waals surface area contributed by atoms with Gasteiger partial charge >= 0.3 is 6.03 Å². The van der Waals surface area contributed by atoms with Crippen LogP contribution in [0.2, 0.25) is 0 Å². The lowest BCUT2D eigenvalue weighted by atomic mass is 10.1. The minimum Gasteiger partial charge on any atom is -0.494 e. The first-order valence-electron chi connectivity index (χ1n) is 10.8. The van der Waals surface area contributed by atoms with Gasteiger partial charge in [0.25, 0.3) is 17.5 Å². The number of rotatable bonds is 7. The standard InChI is InChI=1S/C25H21N3O7/c1-3-15-5-7-16(8-6-15)27-24(30)20(23(29)26-25(27)31)13-18-10-12-22(35-18)19-11-9-17(34-4-2)14-21(19)28(32)33/h5-14H,3-4H2,1-2H3,(H,26,29,31). The van der Waals surface area contributed by atoms with Crippen LogP contribution in [0.3, 0.4) is 0 Å². The summed E-state index contributed by atoms with van der Waals surface area (Å²) < 4.78 is 11.0. The average molecular weight is 475 g/mol. The lowest BCUT2D eigenvalue weighted by Gasteiger charge is -2.26. The van der Waals surface area contributed by atoms with Gasteiger partial charge in [-0.25, -0.2) is 9.69 Å². The Bertz CT molecular complexity index is 1360. The number of imide groups is 2. The summed E-state index contributed by atoms with van der Waals surface area (Å²) in [7, 11) is 0. The number of amides is 4. The van der Waals surface area contributed by atoms with Gasteiger partial charge in [0.05, 0.1) is 28.8 Å². The molecule has 4 amide bonds. The Hall–Kier alpha value is -4.73. The van der Waals surface area contributed by atoms with Crippen LogP contribution in [0.4, 0.5) is 16.2 Å². The highest BCUT2D eigenvalue weighted by Gasteiger charge is 2.37. The Kier molecular flexibility index (Phi) is 6.45. The molecule has 1 saturated heterocycles. The van der Waals surface area contributed by atoms with Crippen LogP contribution in [0.1, 0.15) is 25.2 Å². The van der Waals surface area contributed by atoms with Crippen molar-refractivity contribution in [3.63, 3.8) is 0 Å². The molecule has 3 aromatic rings. The lowest BCUT2D eigenvalue weighted by Crippen LogP contribution is -2.54. The molecule has 35 heavy (non-hydrogen) atoms. The van der Waals surface area contributed by atoms with Crippen LogP contribution >= 0.6 is 0 Å². The van der Waals surface area contributed by atoms with E-state index >= 15 is 0 Å². The van der Waals surface area contributed by atoms with E-state index in [1.807, 2.05) is 6.92 Å². The first-order valence-corrected chi connectivity index (χ1v) is 10.8. The van der Waals surface area contributed by atoms with Crippen molar-refractivity contribution in [1.82, 2.24) is 5.32 Å². The van der Waals surface area contributed by atoms with Crippen LogP contribution in [0.15, 0.2) is 64.6 Å². The zero-order valence-electron chi connectivity index (χ0n) is 18.9. The quantitative estimate of drug-likeness (QED) is 0.231. The number of aryl methyl sites for hydroxylation is 1. The van der Waals surface area contributed by atoms with Crippen molar-refractivity contribution in [3.05, 3.63) is 81.6 Å². The Labute approximate surface area is 199 Å². The molecule has 2 heterocycles. The normalized spacial score (nSPS) is 14.9. The molecule has 2 aromatic carbocycles. The van der Waals surface area contributed by atoms with E-state index in [9.17, 15) is 24.5 Å². The van der Waals surface area contributed by atoms with Crippen LogP contribution < -0.4 is 15.0 Å². The number of nitrogens with one attached hydrogen (secondary N) is 1. The van der Waals surface area contributed by atoms with E-state index in [2.05, 4.69) is 5.32 Å². The smallest absolute Gasteiger partial charge is 0.335 e. The summed E-state index contributed by atoms with van der Waals surface area (Å²) in [5.41, 5.74) is 1.01. The Morgan fingerprint density at radius 3 is 2.46 bits per heavy atom. The summed E-state index contributed by atoms with van der Waals surface area (Å²) in [6.45, 7) is 4.10. The third-order valence-corrected chi connectivity index (χ3v) is 5.36. The summed E-state index contributed by atoms with van der Waals surface area (Å²) in [5.74, 6) is -1.06. The highest BCUT2D eigenvalue weighted by Crippen LogP contribution is 2.35. The Morgan fingerprint density at radius 2 is 1.80 bits per heavy atom. The number of carbonyl (C=O) groups excluding carboxylic acids is 3. The number of nitrogens with zero attached hydrogens (tertiary/aromatic N) is 2. The minimum atomic E-state index is -0.869.